The van der Waals surface area contributed by atoms with E-state index in [-0.39, 0.29) is 48.3 Å². The fourth-order valence-corrected chi connectivity index (χ4v) is 8.43. The number of ether oxygens (including phenoxy) is 5. The van der Waals surface area contributed by atoms with E-state index in [0.29, 0.717) is 30.1 Å². The summed E-state index contributed by atoms with van der Waals surface area (Å²) in [5.41, 5.74) is -0.814. The molecule has 2 bridgehead atoms. The molecule has 2 aromatic rings. The zero-order valence-electron chi connectivity index (χ0n) is 34.5. The average molecular weight is 793 g/mol. The number of aliphatic hydroxyl groups excluding tert-OH is 1. The van der Waals surface area contributed by atoms with Crippen molar-refractivity contribution < 1.29 is 57.3 Å². The van der Waals surface area contributed by atoms with Crippen molar-refractivity contribution in [3.8, 4) is 11.5 Å². The first-order chi connectivity index (χ1) is 26.7. The molecule has 310 valence electrons. The van der Waals surface area contributed by atoms with Crippen LogP contribution in [0, 0.1) is 17.3 Å². The SMILES string of the molecule is CC(C)(C)OC(=O)Oc1c(CCB2O[C@@H]3C[C@@H]4C[C@@H](C4(C)C)[C@]3(C)O2)ccc(OC2CN(C(=O)[C@@H](CO)NC(=O)OCc3ccccc3)C2)c1C(=O)OC(C)(C)C. The Morgan fingerprint density at radius 2 is 1.65 bits per heavy atom. The summed E-state index contributed by atoms with van der Waals surface area (Å²) in [5, 5.41) is 12.4. The molecule has 2 N–H and O–H groups in total. The molecule has 5 fully saturated rings. The van der Waals surface area contributed by atoms with Crippen molar-refractivity contribution in [2.45, 2.75) is 130 Å². The summed E-state index contributed by atoms with van der Waals surface area (Å²) in [5.74, 6) is -0.298. The van der Waals surface area contributed by atoms with Gasteiger partial charge < -0.3 is 48.3 Å². The molecular formula is C42H57BN2O12. The van der Waals surface area contributed by atoms with Gasteiger partial charge in [-0.2, -0.15) is 0 Å². The maximum atomic E-state index is 14.0. The largest absolute Gasteiger partial charge is 0.514 e. The number of benzene rings is 2. The Hall–Kier alpha value is -4.34. The van der Waals surface area contributed by atoms with E-state index >= 15 is 0 Å². The molecule has 0 radical (unpaired) electrons. The molecule has 0 unspecified atom stereocenters. The van der Waals surface area contributed by atoms with Gasteiger partial charge in [0, 0.05) is 0 Å². The van der Waals surface area contributed by atoms with Crippen molar-refractivity contribution in [2.24, 2.45) is 17.3 Å². The molecule has 14 nitrogen and oxygen atoms in total. The van der Waals surface area contributed by atoms with Gasteiger partial charge in [0.15, 0.2) is 5.75 Å². The van der Waals surface area contributed by atoms with Crippen LogP contribution < -0.4 is 14.8 Å². The van der Waals surface area contributed by atoms with Crippen LogP contribution in [0.25, 0.3) is 0 Å². The van der Waals surface area contributed by atoms with E-state index in [0.717, 1.165) is 18.4 Å². The second-order valence-corrected chi connectivity index (χ2v) is 18.4. The Morgan fingerprint density at radius 1 is 0.965 bits per heavy atom. The van der Waals surface area contributed by atoms with Crippen LogP contribution in [0.2, 0.25) is 6.32 Å². The van der Waals surface area contributed by atoms with Gasteiger partial charge in [-0.05, 0) is 108 Å². The monoisotopic (exact) mass is 792 g/mol. The molecule has 0 spiro atoms. The number of amides is 2. The number of carbonyl (C=O) groups is 4. The van der Waals surface area contributed by atoms with Crippen LogP contribution in [0.15, 0.2) is 42.5 Å². The third kappa shape index (κ3) is 9.53. The van der Waals surface area contributed by atoms with Gasteiger partial charge in [-0.3, -0.25) is 4.79 Å². The minimum absolute atomic E-state index is 0.00161. The molecule has 0 aromatic heterocycles. The lowest BCUT2D eigenvalue weighted by atomic mass is 9.43. The standard InChI is InChI=1S/C42H57BN2O12/c1-39(2,3)54-36(48)33-30(52-28-21-45(22-28)35(47)29(23-46)44-37(49)51-24-25-13-11-10-12-14-25)16-15-26(34(33)53-38(50)55-40(4,5)6)17-18-43-56-32-20-27-19-31(41(27,7)8)42(32,9)57-43/h10-16,27-29,31-32,46H,17-24H2,1-9H3,(H,44,49)/t27-,29+,31-,32+,42-/m0/s1. The topological polar surface area (TPSA) is 168 Å². The van der Waals surface area contributed by atoms with E-state index in [1.807, 2.05) is 18.2 Å². The van der Waals surface area contributed by atoms with Gasteiger partial charge in [-0.1, -0.05) is 50.2 Å². The van der Waals surface area contributed by atoms with Crippen molar-refractivity contribution in [1.29, 1.82) is 0 Å². The molecule has 5 atom stereocenters. The lowest BCUT2D eigenvalue weighted by molar-refractivity contribution is -0.199. The number of esters is 1. The molecule has 2 aliphatic heterocycles. The third-order valence-electron chi connectivity index (χ3n) is 11.5. The van der Waals surface area contributed by atoms with Crippen LogP contribution in [-0.2, 0) is 41.3 Å². The fraction of sp³-hybridized carbons (Fsp3) is 0.619. The minimum Gasteiger partial charge on any atom is -0.486 e. The Bertz CT molecular complexity index is 1820. The Kier molecular flexibility index (Phi) is 12.0. The molecule has 15 heteroatoms. The molecular weight excluding hydrogens is 735 g/mol. The van der Waals surface area contributed by atoms with Crippen molar-refractivity contribution in [2.75, 3.05) is 19.7 Å². The summed E-state index contributed by atoms with van der Waals surface area (Å²) in [7, 11) is -0.494. The number of nitrogens with one attached hydrogen (secondary N) is 1. The smallest absolute Gasteiger partial charge is 0.486 e. The van der Waals surface area contributed by atoms with Crippen LogP contribution in [0.3, 0.4) is 0 Å². The molecule has 2 aromatic carbocycles. The number of hydrogen-bond acceptors (Lipinski definition) is 12. The highest BCUT2D eigenvalue weighted by Gasteiger charge is 2.67. The molecule has 57 heavy (non-hydrogen) atoms. The number of rotatable bonds is 12. The average Bonchev–Trinajstić information content (AvgIpc) is 3.45. The molecule has 3 saturated carbocycles. The van der Waals surface area contributed by atoms with Crippen molar-refractivity contribution in [3.05, 3.63) is 59.2 Å². The first-order valence-electron chi connectivity index (χ1n) is 19.8. The van der Waals surface area contributed by atoms with Gasteiger partial charge in [0.25, 0.3) is 0 Å². The Labute approximate surface area is 335 Å². The van der Waals surface area contributed by atoms with E-state index in [2.05, 4.69) is 26.1 Å². The highest BCUT2D eigenvalue weighted by Crippen LogP contribution is 2.65. The number of hydrogen-bond donors (Lipinski definition) is 2. The molecule has 5 aliphatic rings. The first-order valence-corrected chi connectivity index (χ1v) is 19.8. The summed E-state index contributed by atoms with van der Waals surface area (Å²) in [6.45, 7) is 16.6. The summed E-state index contributed by atoms with van der Waals surface area (Å²) >= 11 is 0. The molecule has 2 heterocycles. The van der Waals surface area contributed by atoms with Crippen LogP contribution in [-0.4, -0.2) is 96.0 Å². The normalized spacial score (nSPS) is 24.3. The van der Waals surface area contributed by atoms with E-state index in [4.69, 9.17) is 33.0 Å². The number of alkyl carbamates (subject to hydrolysis) is 1. The first kappa shape index (κ1) is 42.3. The van der Waals surface area contributed by atoms with E-state index in [1.165, 1.54) is 4.90 Å². The quantitative estimate of drug-likeness (QED) is 0.110. The predicted molar refractivity (Wildman–Crippen MR) is 209 cm³/mol. The highest BCUT2D eigenvalue weighted by molar-refractivity contribution is 6.45. The van der Waals surface area contributed by atoms with E-state index < -0.39 is 66.8 Å². The number of aryl methyl sites for hydroxylation is 1. The van der Waals surface area contributed by atoms with Gasteiger partial charge in [-0.25, -0.2) is 14.4 Å². The van der Waals surface area contributed by atoms with E-state index in [1.54, 1.807) is 65.8 Å². The summed E-state index contributed by atoms with van der Waals surface area (Å²) < 4.78 is 41.8. The number of nitrogens with zero attached hydrogens (tertiary/aromatic N) is 1. The Morgan fingerprint density at radius 3 is 2.28 bits per heavy atom. The predicted octanol–water partition coefficient (Wildman–Crippen LogP) is 6.10. The lowest BCUT2D eigenvalue weighted by Crippen LogP contribution is -2.65. The van der Waals surface area contributed by atoms with Crippen LogP contribution >= 0.6 is 0 Å². The van der Waals surface area contributed by atoms with Crippen LogP contribution in [0.1, 0.15) is 96.6 Å². The summed E-state index contributed by atoms with van der Waals surface area (Å²) in [6, 6.07) is 11.2. The summed E-state index contributed by atoms with van der Waals surface area (Å²) in [4.78, 5) is 54.3. The number of aliphatic hydroxyl groups is 1. The van der Waals surface area contributed by atoms with Gasteiger partial charge in [0.05, 0.1) is 31.4 Å². The van der Waals surface area contributed by atoms with Crippen molar-refractivity contribution in [1.82, 2.24) is 10.2 Å². The van der Waals surface area contributed by atoms with Crippen molar-refractivity contribution >= 4 is 31.2 Å². The maximum absolute atomic E-state index is 14.0. The van der Waals surface area contributed by atoms with Gasteiger partial charge in [0.2, 0.25) is 5.91 Å². The maximum Gasteiger partial charge on any atom is 0.514 e. The Balaban J connectivity index is 1.18. The second-order valence-electron chi connectivity index (χ2n) is 18.4. The van der Waals surface area contributed by atoms with Crippen molar-refractivity contribution in [3.63, 3.8) is 0 Å². The summed E-state index contributed by atoms with van der Waals surface area (Å²) in [6.07, 6.45) is 0.385. The van der Waals surface area contributed by atoms with Gasteiger partial charge in [0.1, 0.15) is 41.3 Å². The second kappa shape index (κ2) is 16.1. The molecule has 2 amide bonds. The zero-order chi connectivity index (χ0) is 41.5. The van der Waals surface area contributed by atoms with Crippen LogP contribution in [0.4, 0.5) is 9.59 Å². The van der Waals surface area contributed by atoms with Crippen LogP contribution in [0.5, 0.6) is 11.5 Å². The van der Waals surface area contributed by atoms with Gasteiger partial charge >= 0.3 is 25.3 Å². The van der Waals surface area contributed by atoms with E-state index in [9.17, 15) is 24.3 Å². The zero-order valence-corrected chi connectivity index (χ0v) is 34.5. The van der Waals surface area contributed by atoms with Gasteiger partial charge in [-0.15, -0.1) is 0 Å². The third-order valence-corrected chi connectivity index (χ3v) is 11.5. The minimum atomic E-state index is -1.24. The molecule has 7 rings (SSSR count). The number of likely N-dealkylation sites (tertiary alicyclic amines) is 1. The number of carbonyl (C=O) groups excluding carboxylic acids is 4. The highest BCUT2D eigenvalue weighted by atomic mass is 16.7. The molecule has 2 saturated heterocycles. The molecule has 3 aliphatic carbocycles. The lowest BCUT2D eigenvalue weighted by Gasteiger charge is -2.64. The fourth-order valence-electron chi connectivity index (χ4n) is 8.43.